The van der Waals surface area contributed by atoms with Crippen LogP contribution in [0.3, 0.4) is 0 Å². The molecule has 3 heteroatoms. The average molecular weight is 1120 g/mol. The summed E-state index contributed by atoms with van der Waals surface area (Å²) in [5.41, 5.74) is 16.7. The molecule has 1 aliphatic rings. The van der Waals surface area contributed by atoms with Crippen LogP contribution >= 0.6 is 0 Å². The van der Waals surface area contributed by atoms with Crippen molar-refractivity contribution in [2.24, 2.45) is 0 Å². The van der Waals surface area contributed by atoms with E-state index in [4.69, 9.17) is 9.72 Å². The van der Waals surface area contributed by atoms with E-state index in [1.165, 1.54) is 198 Å². The summed E-state index contributed by atoms with van der Waals surface area (Å²) in [6.07, 6.45) is 35.9. The lowest BCUT2D eigenvalue weighted by Gasteiger charge is -2.35. The highest BCUT2D eigenvalue weighted by molar-refractivity contribution is 6.24. The number of hydrogen-bond acceptors (Lipinski definition) is 2. The third-order valence-corrected chi connectivity index (χ3v) is 19.3. The monoisotopic (exact) mass is 1120 g/mol. The molecule has 0 fully saturated rings. The number of unbranched alkanes of at least 4 members (excludes halogenated alkanes) is 16. The lowest BCUT2D eigenvalue weighted by molar-refractivity contribution is 0.304. The van der Waals surface area contributed by atoms with Crippen LogP contribution in [0.1, 0.15) is 231 Å². The van der Waals surface area contributed by atoms with E-state index in [-0.39, 0.29) is 16.2 Å². The quantitative estimate of drug-likeness (QED) is 0.0233. The van der Waals surface area contributed by atoms with Crippen LogP contribution in [0.4, 0.5) is 0 Å². The summed E-state index contributed by atoms with van der Waals surface area (Å²) in [7, 11) is 0. The van der Waals surface area contributed by atoms with Crippen molar-refractivity contribution in [2.75, 3.05) is 6.61 Å². The molecule has 0 spiro atoms. The maximum Gasteiger partial charge on any atom is 0.141 e. The summed E-state index contributed by atoms with van der Waals surface area (Å²) in [6.45, 7) is 26.7. The lowest BCUT2D eigenvalue weighted by atomic mass is 9.68. The molecule has 0 saturated heterocycles. The number of imidazole rings is 1. The fourth-order valence-electron chi connectivity index (χ4n) is 14.1. The van der Waals surface area contributed by atoms with Gasteiger partial charge in [0.05, 0.1) is 17.6 Å². The number of hydrogen-bond donors (Lipinski definition) is 0. The number of nitrogens with zero attached hydrogens (tertiary/aromatic N) is 2. The number of fused-ring (bicyclic) bond motifs is 9. The third kappa shape index (κ3) is 13.5. The van der Waals surface area contributed by atoms with Crippen molar-refractivity contribution in [1.82, 2.24) is 9.55 Å². The van der Waals surface area contributed by atoms with Crippen molar-refractivity contribution in [2.45, 2.75) is 226 Å². The van der Waals surface area contributed by atoms with Crippen LogP contribution in [-0.2, 0) is 22.8 Å². The maximum atomic E-state index is 6.38. The number of rotatable bonds is 33. The van der Waals surface area contributed by atoms with Gasteiger partial charge in [-0.1, -0.05) is 287 Å². The van der Waals surface area contributed by atoms with Crippen molar-refractivity contribution in [3.05, 3.63) is 192 Å². The topological polar surface area (TPSA) is 27.1 Å². The molecule has 0 bridgehead atoms. The third-order valence-electron chi connectivity index (χ3n) is 19.3. The van der Waals surface area contributed by atoms with Gasteiger partial charge >= 0.3 is 0 Å². The van der Waals surface area contributed by atoms with Gasteiger partial charge in [0.1, 0.15) is 11.6 Å². The molecule has 0 amide bonds. The molecule has 0 N–H and O–H groups in total. The van der Waals surface area contributed by atoms with Gasteiger partial charge in [0, 0.05) is 39.1 Å². The van der Waals surface area contributed by atoms with Crippen LogP contribution in [0.15, 0.2) is 164 Å². The highest BCUT2D eigenvalue weighted by atomic mass is 16.5. The molecule has 1 aromatic heterocycles. The summed E-state index contributed by atoms with van der Waals surface area (Å²) < 4.78 is 8.99. The Kier molecular flexibility index (Phi) is 21.5. The zero-order valence-corrected chi connectivity index (χ0v) is 53.4. The summed E-state index contributed by atoms with van der Waals surface area (Å²) >= 11 is 0. The van der Waals surface area contributed by atoms with Gasteiger partial charge < -0.3 is 9.30 Å². The van der Waals surface area contributed by atoms with Gasteiger partial charge in [-0.25, -0.2) is 4.98 Å². The SMILES string of the molecule is C=C/C=C(\C=C/C)C(C)(C)c1ccc2c(c1)C(CCCCCC)(CCCCCC)c1cc(-c3ccc4c5ccc(C(C)(C)c6ccccc6)cc5c5c(nc(-c6ccc(OCCCCCCCC)cc6)n5CCCCCCCC)c4c3)ccc1-2. The predicted molar refractivity (Wildman–Crippen MR) is 366 cm³/mol. The molecule has 3 nitrogen and oxygen atoms in total. The minimum Gasteiger partial charge on any atom is -0.494 e. The standard InChI is InChI=1S/C81H102N2O/c1-11-17-21-25-27-34-54-83-77-73-58-65(80(9,10)64-38-30-29-31-39-64)44-50-69(73)68-48-42-61(56-72(68)76(77)82-78(83)60-40-46-67(47-41-60)84-55-35-28-26-22-18-12-2)62-43-49-70-71-51-45-66(79(7,8)63(36-15-5)37-16-6)59-75(71)81(74(70)57-62,52-32-23-19-13-3)53-33-24-20-14-4/h15-16,29-31,36-51,56-59H,5,11-14,17-28,32-35,52-55H2,1-4,6-10H3/b37-16-,63-36+. The normalized spacial score (nSPS) is 13.4. The molecule has 0 aliphatic heterocycles. The Morgan fingerprint density at radius 3 is 1.73 bits per heavy atom. The first-order chi connectivity index (χ1) is 40.9. The fourth-order valence-corrected chi connectivity index (χ4v) is 14.1. The Balaban J connectivity index is 1.22. The Hall–Kier alpha value is -6.45. The molecular weight excluding hydrogens is 1020 g/mol. The second kappa shape index (κ2) is 29.1. The summed E-state index contributed by atoms with van der Waals surface area (Å²) in [5, 5.41) is 5.04. The van der Waals surface area contributed by atoms with E-state index in [2.05, 4.69) is 219 Å². The molecule has 0 saturated carbocycles. The molecule has 0 radical (unpaired) electrons. The summed E-state index contributed by atoms with van der Waals surface area (Å²) in [5.74, 6) is 1.98. The average Bonchev–Trinajstić information content (AvgIpc) is 4.01. The first-order valence-electron chi connectivity index (χ1n) is 33.4. The Labute approximate surface area is 508 Å². The number of benzene rings is 7. The van der Waals surface area contributed by atoms with E-state index in [9.17, 15) is 0 Å². The van der Waals surface area contributed by atoms with E-state index < -0.39 is 0 Å². The van der Waals surface area contributed by atoms with Gasteiger partial charge in [0.15, 0.2) is 0 Å². The van der Waals surface area contributed by atoms with Gasteiger partial charge in [0.2, 0.25) is 0 Å². The summed E-state index contributed by atoms with van der Waals surface area (Å²) in [6, 6.07) is 49.7. The van der Waals surface area contributed by atoms with Crippen LogP contribution in [-0.4, -0.2) is 16.2 Å². The second-order valence-corrected chi connectivity index (χ2v) is 25.9. The van der Waals surface area contributed by atoms with Gasteiger partial charge in [-0.15, -0.1) is 0 Å². The number of aryl methyl sites for hydroxylation is 1. The van der Waals surface area contributed by atoms with Crippen LogP contribution in [0.2, 0.25) is 0 Å². The molecule has 9 rings (SSSR count). The molecule has 442 valence electrons. The predicted octanol–water partition coefficient (Wildman–Crippen LogP) is 24.3. The summed E-state index contributed by atoms with van der Waals surface area (Å²) in [4.78, 5) is 5.89. The van der Waals surface area contributed by atoms with E-state index >= 15 is 0 Å². The van der Waals surface area contributed by atoms with Gasteiger partial charge in [0.25, 0.3) is 0 Å². The molecule has 1 heterocycles. The van der Waals surface area contributed by atoms with Crippen LogP contribution < -0.4 is 4.74 Å². The van der Waals surface area contributed by atoms with Crippen molar-refractivity contribution in [1.29, 1.82) is 0 Å². The maximum absolute atomic E-state index is 6.38. The van der Waals surface area contributed by atoms with Crippen molar-refractivity contribution in [3.8, 4) is 39.4 Å². The Bertz CT molecular complexity index is 3500. The fraction of sp³-hybridized carbons (Fsp3) is 0.444. The van der Waals surface area contributed by atoms with Crippen LogP contribution in [0, 0.1) is 0 Å². The lowest BCUT2D eigenvalue weighted by Crippen LogP contribution is -2.27. The highest BCUT2D eigenvalue weighted by Gasteiger charge is 2.43. The molecular formula is C81H102N2O. The van der Waals surface area contributed by atoms with E-state index in [1.54, 1.807) is 0 Å². The van der Waals surface area contributed by atoms with E-state index in [0.717, 1.165) is 61.5 Å². The first-order valence-corrected chi connectivity index (χ1v) is 33.4. The minimum absolute atomic E-state index is 0.0816. The Morgan fingerprint density at radius 1 is 0.524 bits per heavy atom. The van der Waals surface area contributed by atoms with E-state index in [0.29, 0.717) is 0 Å². The van der Waals surface area contributed by atoms with E-state index in [1.807, 2.05) is 6.08 Å². The Morgan fingerprint density at radius 2 is 1.07 bits per heavy atom. The zero-order valence-electron chi connectivity index (χ0n) is 53.4. The van der Waals surface area contributed by atoms with Gasteiger partial charge in [-0.05, 0) is 141 Å². The zero-order chi connectivity index (χ0) is 59.1. The largest absolute Gasteiger partial charge is 0.494 e. The van der Waals surface area contributed by atoms with Gasteiger partial charge in [-0.2, -0.15) is 0 Å². The second-order valence-electron chi connectivity index (χ2n) is 25.9. The van der Waals surface area contributed by atoms with Crippen molar-refractivity contribution < 1.29 is 4.74 Å². The first kappa shape index (κ1) is 62.1. The smallest absolute Gasteiger partial charge is 0.141 e. The molecule has 84 heavy (non-hydrogen) atoms. The molecule has 7 aromatic carbocycles. The highest BCUT2D eigenvalue weighted by Crippen LogP contribution is 2.56. The minimum atomic E-state index is -0.205. The van der Waals surface area contributed by atoms with Crippen LogP contribution in [0.25, 0.3) is 66.2 Å². The molecule has 1 aliphatic carbocycles. The molecule has 0 unspecified atom stereocenters. The van der Waals surface area contributed by atoms with Crippen molar-refractivity contribution in [3.63, 3.8) is 0 Å². The number of ether oxygens (including phenoxy) is 1. The van der Waals surface area contributed by atoms with Crippen molar-refractivity contribution >= 4 is 32.6 Å². The van der Waals surface area contributed by atoms with Crippen LogP contribution in [0.5, 0.6) is 5.75 Å². The number of aromatic nitrogens is 2. The molecule has 0 atom stereocenters. The number of allylic oxidation sites excluding steroid dienone is 5. The van der Waals surface area contributed by atoms with Gasteiger partial charge in [-0.3, -0.25) is 0 Å². The molecule has 8 aromatic rings.